The average Bonchev–Trinajstić information content (AvgIpc) is 2.92. The predicted molar refractivity (Wildman–Crippen MR) is 54.7 cm³/mol. The van der Waals surface area contributed by atoms with Gasteiger partial charge in [0.1, 0.15) is 0 Å². The quantitative estimate of drug-likeness (QED) is 0.725. The van der Waals surface area contributed by atoms with Crippen LogP contribution in [0.4, 0.5) is 0 Å². The van der Waals surface area contributed by atoms with Crippen molar-refractivity contribution in [2.75, 3.05) is 0 Å². The summed E-state index contributed by atoms with van der Waals surface area (Å²) in [6, 6.07) is 0. The SMILES string of the molecule is O=C1OC(C(=O)O)(C2CC2)CC12CCCC2. The first-order chi connectivity index (χ1) is 7.59. The number of ether oxygens (including phenoxy) is 1. The number of carboxylic acid groups (broad SMARTS) is 1. The Bertz CT molecular complexity index is 352. The van der Waals surface area contributed by atoms with Crippen LogP contribution in [0.2, 0.25) is 0 Å². The van der Waals surface area contributed by atoms with Crippen LogP contribution in [0.25, 0.3) is 0 Å². The lowest BCUT2D eigenvalue weighted by molar-refractivity contribution is -0.173. The number of aliphatic carboxylic acids is 1. The summed E-state index contributed by atoms with van der Waals surface area (Å²) >= 11 is 0. The van der Waals surface area contributed by atoms with E-state index in [1.807, 2.05) is 0 Å². The van der Waals surface area contributed by atoms with Crippen molar-refractivity contribution in [3.05, 3.63) is 0 Å². The Labute approximate surface area is 94.0 Å². The Kier molecular flexibility index (Phi) is 1.89. The first-order valence-corrected chi connectivity index (χ1v) is 6.06. The molecule has 1 N–H and O–H groups in total. The van der Waals surface area contributed by atoms with E-state index < -0.39 is 17.0 Å². The van der Waals surface area contributed by atoms with Crippen molar-refractivity contribution in [2.24, 2.45) is 11.3 Å². The summed E-state index contributed by atoms with van der Waals surface area (Å²) in [7, 11) is 0. The molecule has 1 heterocycles. The van der Waals surface area contributed by atoms with Crippen molar-refractivity contribution in [3.8, 4) is 0 Å². The van der Waals surface area contributed by atoms with Crippen molar-refractivity contribution >= 4 is 11.9 Å². The molecule has 1 unspecified atom stereocenters. The normalized spacial score (nSPS) is 36.6. The Hall–Kier alpha value is -1.06. The zero-order chi connectivity index (χ0) is 11.4. The largest absolute Gasteiger partial charge is 0.478 e. The molecule has 0 aromatic heterocycles. The smallest absolute Gasteiger partial charge is 0.348 e. The van der Waals surface area contributed by atoms with Crippen LogP contribution >= 0.6 is 0 Å². The number of hydrogen-bond donors (Lipinski definition) is 1. The molecule has 3 aliphatic rings. The van der Waals surface area contributed by atoms with E-state index in [4.69, 9.17) is 4.74 Å². The second-order valence-electron chi connectivity index (χ2n) is 5.52. The number of esters is 1. The maximum absolute atomic E-state index is 12.0. The summed E-state index contributed by atoms with van der Waals surface area (Å²) in [4.78, 5) is 23.4. The van der Waals surface area contributed by atoms with Gasteiger partial charge < -0.3 is 9.84 Å². The molecule has 4 heteroatoms. The minimum atomic E-state index is -1.18. The zero-order valence-corrected chi connectivity index (χ0v) is 9.20. The minimum Gasteiger partial charge on any atom is -0.478 e. The molecule has 3 rings (SSSR count). The van der Waals surface area contributed by atoms with E-state index in [0.29, 0.717) is 6.42 Å². The fraction of sp³-hybridized carbons (Fsp3) is 0.833. The Morgan fingerprint density at radius 3 is 2.44 bits per heavy atom. The molecule has 2 aliphatic carbocycles. The highest BCUT2D eigenvalue weighted by atomic mass is 16.6. The molecule has 3 fully saturated rings. The Morgan fingerprint density at radius 2 is 1.94 bits per heavy atom. The summed E-state index contributed by atoms with van der Waals surface area (Å²) < 4.78 is 5.33. The highest BCUT2D eigenvalue weighted by Crippen LogP contribution is 2.57. The maximum atomic E-state index is 12.0. The van der Waals surface area contributed by atoms with Gasteiger partial charge in [-0.05, 0) is 25.7 Å². The third kappa shape index (κ3) is 1.16. The molecule has 0 aromatic carbocycles. The zero-order valence-electron chi connectivity index (χ0n) is 9.20. The van der Waals surface area contributed by atoms with Gasteiger partial charge in [0.2, 0.25) is 5.60 Å². The van der Waals surface area contributed by atoms with Gasteiger partial charge in [-0.1, -0.05) is 12.8 Å². The van der Waals surface area contributed by atoms with Gasteiger partial charge in [-0.15, -0.1) is 0 Å². The van der Waals surface area contributed by atoms with Crippen LogP contribution in [0, 0.1) is 11.3 Å². The molecule has 0 aromatic rings. The first kappa shape index (κ1) is 10.1. The summed E-state index contributed by atoms with van der Waals surface area (Å²) in [5, 5.41) is 9.36. The van der Waals surface area contributed by atoms with Crippen LogP contribution in [0.5, 0.6) is 0 Å². The molecule has 1 spiro atoms. The predicted octanol–water partition coefficient (Wildman–Crippen LogP) is 1.73. The summed E-state index contributed by atoms with van der Waals surface area (Å²) in [5.41, 5.74) is -1.64. The number of carbonyl (C=O) groups is 2. The minimum absolute atomic E-state index is 0.0638. The van der Waals surface area contributed by atoms with Gasteiger partial charge in [0.05, 0.1) is 5.41 Å². The molecule has 2 saturated carbocycles. The fourth-order valence-electron chi connectivity index (χ4n) is 3.39. The third-order valence-electron chi connectivity index (χ3n) is 4.47. The summed E-state index contributed by atoms with van der Waals surface area (Å²) in [5.74, 6) is -1.12. The highest BCUT2D eigenvalue weighted by molar-refractivity contribution is 5.89. The molecule has 4 nitrogen and oxygen atoms in total. The maximum Gasteiger partial charge on any atom is 0.348 e. The third-order valence-corrected chi connectivity index (χ3v) is 4.47. The van der Waals surface area contributed by atoms with Crippen LogP contribution in [-0.4, -0.2) is 22.6 Å². The Balaban J connectivity index is 1.94. The number of carbonyl (C=O) groups excluding carboxylic acids is 1. The van der Waals surface area contributed by atoms with Gasteiger partial charge in [-0.2, -0.15) is 0 Å². The van der Waals surface area contributed by atoms with Crippen LogP contribution in [0.3, 0.4) is 0 Å². The van der Waals surface area contributed by atoms with E-state index in [2.05, 4.69) is 0 Å². The summed E-state index contributed by atoms with van der Waals surface area (Å²) in [6.45, 7) is 0. The van der Waals surface area contributed by atoms with Crippen LogP contribution < -0.4 is 0 Å². The number of carboxylic acids is 1. The second kappa shape index (κ2) is 2.99. The van der Waals surface area contributed by atoms with Crippen molar-refractivity contribution in [1.82, 2.24) is 0 Å². The van der Waals surface area contributed by atoms with Crippen molar-refractivity contribution in [2.45, 2.75) is 50.5 Å². The van der Waals surface area contributed by atoms with Gasteiger partial charge in [-0.3, -0.25) is 4.79 Å². The molecular formula is C12H16O4. The first-order valence-electron chi connectivity index (χ1n) is 6.06. The lowest BCUT2D eigenvalue weighted by Crippen LogP contribution is -2.41. The monoisotopic (exact) mass is 224 g/mol. The van der Waals surface area contributed by atoms with Crippen molar-refractivity contribution in [3.63, 3.8) is 0 Å². The van der Waals surface area contributed by atoms with E-state index >= 15 is 0 Å². The van der Waals surface area contributed by atoms with Crippen LogP contribution in [-0.2, 0) is 14.3 Å². The van der Waals surface area contributed by atoms with Gasteiger partial charge in [-0.25, -0.2) is 4.79 Å². The average molecular weight is 224 g/mol. The van der Waals surface area contributed by atoms with Crippen molar-refractivity contribution < 1.29 is 19.4 Å². The standard InChI is InChI=1S/C12H16O4/c13-9(14)12(8-3-4-8)7-11(10(15)16-12)5-1-2-6-11/h8H,1-7H2,(H,13,14). The molecule has 88 valence electrons. The lowest BCUT2D eigenvalue weighted by Gasteiger charge is -2.23. The second-order valence-corrected chi connectivity index (χ2v) is 5.52. The lowest BCUT2D eigenvalue weighted by atomic mass is 9.77. The van der Waals surface area contributed by atoms with E-state index in [0.717, 1.165) is 38.5 Å². The van der Waals surface area contributed by atoms with E-state index in [-0.39, 0.29) is 11.9 Å². The molecule has 1 aliphatic heterocycles. The van der Waals surface area contributed by atoms with Crippen LogP contribution in [0.1, 0.15) is 44.9 Å². The molecule has 1 saturated heterocycles. The van der Waals surface area contributed by atoms with E-state index in [9.17, 15) is 14.7 Å². The molecule has 0 radical (unpaired) electrons. The van der Waals surface area contributed by atoms with Gasteiger partial charge in [0.15, 0.2) is 0 Å². The fourth-order valence-corrected chi connectivity index (χ4v) is 3.39. The summed E-state index contributed by atoms with van der Waals surface area (Å²) in [6.07, 6.45) is 5.86. The number of cyclic esters (lactones) is 1. The molecule has 16 heavy (non-hydrogen) atoms. The molecule has 0 bridgehead atoms. The van der Waals surface area contributed by atoms with Gasteiger partial charge in [0, 0.05) is 12.3 Å². The molecular weight excluding hydrogens is 208 g/mol. The highest BCUT2D eigenvalue weighted by Gasteiger charge is 2.66. The number of hydrogen-bond acceptors (Lipinski definition) is 3. The topological polar surface area (TPSA) is 63.6 Å². The van der Waals surface area contributed by atoms with E-state index in [1.165, 1.54) is 0 Å². The molecule has 0 amide bonds. The van der Waals surface area contributed by atoms with Gasteiger partial charge >= 0.3 is 11.9 Å². The van der Waals surface area contributed by atoms with E-state index in [1.54, 1.807) is 0 Å². The Morgan fingerprint density at radius 1 is 1.31 bits per heavy atom. The molecule has 1 atom stereocenters. The van der Waals surface area contributed by atoms with Crippen LogP contribution in [0.15, 0.2) is 0 Å². The number of rotatable bonds is 2. The van der Waals surface area contributed by atoms with Gasteiger partial charge in [0.25, 0.3) is 0 Å². The van der Waals surface area contributed by atoms with Crippen molar-refractivity contribution in [1.29, 1.82) is 0 Å².